The molecule has 98 valence electrons. The summed E-state index contributed by atoms with van der Waals surface area (Å²) in [7, 11) is 1.76. The number of hydrogen-bond acceptors (Lipinski definition) is 3. The smallest absolute Gasteiger partial charge is 0.140 e. The molecular formula is C14H24O2S. The maximum absolute atomic E-state index is 12.5. The minimum absolute atomic E-state index is 0.139. The summed E-state index contributed by atoms with van der Waals surface area (Å²) >= 11 is 4.62. The van der Waals surface area contributed by atoms with E-state index in [-0.39, 0.29) is 17.3 Å². The number of hydrogen-bond donors (Lipinski definition) is 1. The maximum Gasteiger partial charge on any atom is 0.140 e. The minimum Gasteiger partial charge on any atom is -0.381 e. The number of methoxy groups -OCH3 is 1. The zero-order valence-corrected chi connectivity index (χ0v) is 11.6. The molecule has 2 aliphatic rings. The summed E-state index contributed by atoms with van der Waals surface area (Å²) in [6.07, 6.45) is 9.21. The largest absolute Gasteiger partial charge is 0.381 e. The molecule has 0 N–H and O–H groups in total. The Morgan fingerprint density at radius 3 is 2.47 bits per heavy atom. The van der Waals surface area contributed by atoms with Gasteiger partial charge in [-0.3, -0.25) is 4.79 Å². The van der Waals surface area contributed by atoms with E-state index in [9.17, 15) is 4.79 Å². The molecular weight excluding hydrogens is 232 g/mol. The lowest BCUT2D eigenvalue weighted by Crippen LogP contribution is -2.38. The zero-order chi connectivity index (χ0) is 12.3. The molecule has 0 aromatic heterocycles. The van der Waals surface area contributed by atoms with Crippen LogP contribution in [0.15, 0.2) is 0 Å². The van der Waals surface area contributed by atoms with E-state index in [2.05, 4.69) is 12.6 Å². The lowest BCUT2D eigenvalue weighted by atomic mass is 9.75. The van der Waals surface area contributed by atoms with Crippen LogP contribution in [0.25, 0.3) is 0 Å². The first-order valence-electron chi connectivity index (χ1n) is 6.97. The molecule has 2 fully saturated rings. The van der Waals surface area contributed by atoms with Crippen LogP contribution < -0.4 is 0 Å². The number of carbonyl (C=O) groups is 1. The molecule has 0 aromatic carbocycles. The predicted molar refractivity (Wildman–Crippen MR) is 72.5 cm³/mol. The third-order valence-electron chi connectivity index (χ3n) is 4.47. The average Bonchev–Trinajstić information content (AvgIpc) is 2.39. The Balaban J connectivity index is 1.95. The topological polar surface area (TPSA) is 26.3 Å². The van der Waals surface area contributed by atoms with Gasteiger partial charge in [-0.15, -0.1) is 0 Å². The van der Waals surface area contributed by atoms with E-state index in [1.165, 1.54) is 19.3 Å². The first-order chi connectivity index (χ1) is 8.22. The SMILES string of the molecule is COC1CCC(S)C(C(=O)C2CCCCC2)C1. The molecule has 2 saturated carbocycles. The second-order valence-electron chi connectivity index (χ2n) is 5.58. The fraction of sp³-hybridized carbons (Fsp3) is 0.929. The highest BCUT2D eigenvalue weighted by Crippen LogP contribution is 2.35. The Hall–Kier alpha value is -0.0200. The summed E-state index contributed by atoms with van der Waals surface area (Å²) in [5.41, 5.74) is 0. The quantitative estimate of drug-likeness (QED) is 0.785. The van der Waals surface area contributed by atoms with Gasteiger partial charge in [-0.25, -0.2) is 0 Å². The summed E-state index contributed by atoms with van der Waals surface area (Å²) in [4.78, 5) is 12.5. The van der Waals surface area contributed by atoms with Gasteiger partial charge in [0, 0.05) is 24.2 Å². The Labute approximate surface area is 110 Å². The van der Waals surface area contributed by atoms with Crippen LogP contribution in [0.3, 0.4) is 0 Å². The molecule has 0 heterocycles. The molecule has 3 unspecified atom stereocenters. The third kappa shape index (κ3) is 3.25. The van der Waals surface area contributed by atoms with E-state index in [1.54, 1.807) is 7.11 Å². The second kappa shape index (κ2) is 6.24. The molecule has 3 atom stereocenters. The van der Waals surface area contributed by atoms with E-state index < -0.39 is 0 Å². The molecule has 0 bridgehead atoms. The molecule has 0 spiro atoms. The third-order valence-corrected chi connectivity index (χ3v) is 5.09. The van der Waals surface area contributed by atoms with Crippen molar-refractivity contribution < 1.29 is 9.53 Å². The highest BCUT2D eigenvalue weighted by atomic mass is 32.1. The van der Waals surface area contributed by atoms with Crippen LogP contribution in [-0.4, -0.2) is 24.2 Å². The van der Waals surface area contributed by atoms with Crippen molar-refractivity contribution >= 4 is 18.4 Å². The maximum atomic E-state index is 12.5. The molecule has 0 amide bonds. The monoisotopic (exact) mass is 256 g/mol. The van der Waals surface area contributed by atoms with E-state index in [1.807, 2.05) is 0 Å². The van der Waals surface area contributed by atoms with Crippen molar-refractivity contribution in [3.05, 3.63) is 0 Å². The zero-order valence-electron chi connectivity index (χ0n) is 10.7. The second-order valence-corrected chi connectivity index (χ2v) is 6.25. The van der Waals surface area contributed by atoms with Crippen molar-refractivity contribution in [3.8, 4) is 0 Å². The summed E-state index contributed by atoms with van der Waals surface area (Å²) in [5.74, 6) is 0.936. The fourth-order valence-electron chi connectivity index (χ4n) is 3.33. The van der Waals surface area contributed by atoms with Gasteiger partial charge < -0.3 is 4.74 Å². The molecule has 2 aliphatic carbocycles. The Kier molecular flexibility index (Phi) is 4.92. The number of rotatable bonds is 3. The molecule has 0 radical (unpaired) electrons. The van der Waals surface area contributed by atoms with Gasteiger partial charge in [0.1, 0.15) is 5.78 Å². The van der Waals surface area contributed by atoms with Gasteiger partial charge in [0.15, 0.2) is 0 Å². The van der Waals surface area contributed by atoms with Crippen LogP contribution in [0.4, 0.5) is 0 Å². The summed E-state index contributed by atoms with van der Waals surface area (Å²) in [6, 6.07) is 0. The summed E-state index contributed by atoms with van der Waals surface area (Å²) in [5, 5.41) is 0.260. The van der Waals surface area contributed by atoms with E-state index >= 15 is 0 Å². The highest BCUT2D eigenvalue weighted by molar-refractivity contribution is 7.81. The van der Waals surface area contributed by atoms with Gasteiger partial charge in [0.2, 0.25) is 0 Å². The number of ketones is 1. The van der Waals surface area contributed by atoms with E-state index in [0.717, 1.165) is 32.1 Å². The van der Waals surface area contributed by atoms with Crippen molar-refractivity contribution in [1.82, 2.24) is 0 Å². The Bertz CT molecular complexity index is 261. The molecule has 17 heavy (non-hydrogen) atoms. The number of carbonyl (C=O) groups excluding carboxylic acids is 1. The molecule has 3 heteroatoms. The molecule has 2 rings (SSSR count). The van der Waals surface area contributed by atoms with E-state index in [0.29, 0.717) is 11.7 Å². The Morgan fingerprint density at radius 2 is 1.82 bits per heavy atom. The average molecular weight is 256 g/mol. The van der Waals surface area contributed by atoms with Crippen molar-refractivity contribution in [3.63, 3.8) is 0 Å². The van der Waals surface area contributed by atoms with Gasteiger partial charge in [-0.2, -0.15) is 12.6 Å². The Morgan fingerprint density at radius 1 is 1.12 bits per heavy atom. The number of ether oxygens (including phenoxy) is 1. The molecule has 0 aromatic rings. The first-order valence-corrected chi connectivity index (χ1v) is 7.48. The van der Waals surface area contributed by atoms with Crippen LogP contribution in [-0.2, 0) is 9.53 Å². The van der Waals surface area contributed by atoms with Gasteiger partial charge in [-0.1, -0.05) is 19.3 Å². The predicted octanol–water partition coefficient (Wildman–Crippen LogP) is 3.25. The van der Waals surface area contributed by atoms with E-state index in [4.69, 9.17) is 4.74 Å². The highest BCUT2D eigenvalue weighted by Gasteiger charge is 2.36. The lowest BCUT2D eigenvalue weighted by molar-refractivity contribution is -0.130. The van der Waals surface area contributed by atoms with Gasteiger partial charge in [0.25, 0.3) is 0 Å². The van der Waals surface area contributed by atoms with Crippen molar-refractivity contribution in [2.24, 2.45) is 11.8 Å². The van der Waals surface area contributed by atoms with Crippen molar-refractivity contribution in [1.29, 1.82) is 0 Å². The number of Topliss-reactive ketones (excluding diaryl/α,β-unsaturated/α-hetero) is 1. The first kappa shape index (κ1) is 13.4. The van der Waals surface area contributed by atoms with Crippen LogP contribution in [0.2, 0.25) is 0 Å². The summed E-state index contributed by atoms with van der Waals surface area (Å²) in [6.45, 7) is 0. The minimum atomic E-state index is 0.139. The van der Waals surface area contributed by atoms with Crippen LogP contribution in [0, 0.1) is 11.8 Å². The lowest BCUT2D eigenvalue weighted by Gasteiger charge is -2.34. The molecule has 2 nitrogen and oxygen atoms in total. The molecule has 0 saturated heterocycles. The fourth-order valence-corrected chi connectivity index (χ4v) is 3.74. The van der Waals surface area contributed by atoms with Crippen molar-refractivity contribution in [2.75, 3.05) is 7.11 Å². The molecule has 0 aliphatic heterocycles. The normalized spacial score (nSPS) is 35.8. The van der Waals surface area contributed by atoms with Gasteiger partial charge in [-0.05, 0) is 32.1 Å². The number of thiol groups is 1. The van der Waals surface area contributed by atoms with Crippen LogP contribution in [0.1, 0.15) is 51.4 Å². The van der Waals surface area contributed by atoms with Crippen molar-refractivity contribution in [2.45, 2.75) is 62.7 Å². The van der Waals surface area contributed by atoms with Gasteiger partial charge >= 0.3 is 0 Å². The van der Waals surface area contributed by atoms with Gasteiger partial charge in [0.05, 0.1) is 6.10 Å². The van der Waals surface area contributed by atoms with Crippen LogP contribution >= 0.6 is 12.6 Å². The standard InChI is InChI=1S/C14H24O2S/c1-16-11-7-8-13(17)12(9-11)14(15)10-5-3-2-4-6-10/h10-13,17H,2-9H2,1H3. The van der Waals surface area contributed by atoms with Crippen LogP contribution in [0.5, 0.6) is 0 Å². The summed E-state index contributed by atoms with van der Waals surface area (Å²) < 4.78 is 5.42.